The molecule has 19 heavy (non-hydrogen) atoms. The molecule has 0 saturated carbocycles. The second-order valence-electron chi connectivity index (χ2n) is 3.63. The zero-order chi connectivity index (χ0) is 14.4. The first-order valence-corrected chi connectivity index (χ1v) is 5.75. The Bertz CT molecular complexity index is 501. The van der Waals surface area contributed by atoms with Crippen molar-refractivity contribution < 1.29 is 24.6 Å². The second kappa shape index (κ2) is 6.84. The average molecular weight is 288 g/mol. The predicted octanol–water partition coefficient (Wildman–Crippen LogP) is 2.19. The van der Waals surface area contributed by atoms with Gasteiger partial charge in [0.25, 0.3) is 0 Å². The number of carbonyl (C=O) groups excluding carboxylic acids is 1. The number of ether oxygens (including phenoxy) is 2. The smallest absolute Gasteiger partial charge is 0.305 e. The SMILES string of the molecule is COC(=O)CC/C(=N\O)c1cc(Cl)c(OC)cc1O. The Morgan fingerprint density at radius 2 is 2.05 bits per heavy atom. The first kappa shape index (κ1) is 15.1. The number of phenols is 1. The van der Waals surface area contributed by atoms with Crippen molar-refractivity contribution in [2.45, 2.75) is 12.8 Å². The Hall–Kier alpha value is -1.95. The van der Waals surface area contributed by atoms with Crippen LogP contribution in [0.3, 0.4) is 0 Å². The zero-order valence-electron chi connectivity index (χ0n) is 10.5. The number of benzene rings is 1. The van der Waals surface area contributed by atoms with E-state index in [1.807, 2.05) is 0 Å². The number of oxime groups is 1. The van der Waals surface area contributed by atoms with Crippen molar-refractivity contribution in [2.75, 3.05) is 14.2 Å². The molecule has 0 atom stereocenters. The van der Waals surface area contributed by atoms with Gasteiger partial charge in [0.15, 0.2) is 0 Å². The van der Waals surface area contributed by atoms with Crippen LogP contribution in [0.4, 0.5) is 0 Å². The van der Waals surface area contributed by atoms with Gasteiger partial charge in [-0.05, 0) is 6.07 Å². The van der Waals surface area contributed by atoms with Gasteiger partial charge in [0, 0.05) is 18.1 Å². The number of nitrogens with zero attached hydrogens (tertiary/aromatic N) is 1. The summed E-state index contributed by atoms with van der Waals surface area (Å²) in [6.45, 7) is 0. The van der Waals surface area contributed by atoms with Crippen LogP contribution < -0.4 is 4.74 Å². The fourth-order valence-electron chi connectivity index (χ4n) is 1.49. The molecule has 1 aromatic carbocycles. The molecule has 1 rings (SSSR count). The summed E-state index contributed by atoms with van der Waals surface area (Å²) in [5.41, 5.74) is 0.365. The molecule has 0 aliphatic heterocycles. The molecule has 0 aliphatic carbocycles. The lowest BCUT2D eigenvalue weighted by atomic mass is 10.0. The number of methoxy groups -OCH3 is 2. The van der Waals surface area contributed by atoms with E-state index >= 15 is 0 Å². The molecule has 6 nitrogen and oxygen atoms in total. The molecule has 0 heterocycles. The molecule has 0 aromatic heterocycles. The van der Waals surface area contributed by atoms with Gasteiger partial charge >= 0.3 is 5.97 Å². The van der Waals surface area contributed by atoms with Crippen LogP contribution in [0.2, 0.25) is 5.02 Å². The summed E-state index contributed by atoms with van der Waals surface area (Å²) < 4.78 is 9.43. The highest BCUT2D eigenvalue weighted by molar-refractivity contribution is 6.32. The number of carbonyl (C=O) groups is 1. The van der Waals surface area contributed by atoms with Gasteiger partial charge in [0.1, 0.15) is 11.5 Å². The van der Waals surface area contributed by atoms with Crippen LogP contribution in [0.15, 0.2) is 17.3 Å². The molecule has 0 unspecified atom stereocenters. The minimum Gasteiger partial charge on any atom is -0.507 e. The Morgan fingerprint density at radius 1 is 1.37 bits per heavy atom. The van der Waals surface area contributed by atoms with E-state index in [2.05, 4.69) is 9.89 Å². The maximum Gasteiger partial charge on any atom is 0.305 e. The summed E-state index contributed by atoms with van der Waals surface area (Å²) in [5, 5.41) is 22.1. The number of aromatic hydroxyl groups is 1. The van der Waals surface area contributed by atoms with Crippen molar-refractivity contribution in [3.8, 4) is 11.5 Å². The zero-order valence-corrected chi connectivity index (χ0v) is 11.3. The molecule has 7 heteroatoms. The van der Waals surface area contributed by atoms with Crippen molar-refractivity contribution in [1.29, 1.82) is 0 Å². The van der Waals surface area contributed by atoms with Crippen LogP contribution in [-0.4, -0.2) is 36.2 Å². The molecule has 2 N–H and O–H groups in total. The van der Waals surface area contributed by atoms with Crippen LogP contribution in [0.5, 0.6) is 11.5 Å². The molecule has 0 saturated heterocycles. The molecule has 0 fully saturated rings. The van der Waals surface area contributed by atoms with Crippen molar-refractivity contribution in [3.63, 3.8) is 0 Å². The number of hydrogen-bond donors (Lipinski definition) is 2. The molecular weight excluding hydrogens is 274 g/mol. The maximum atomic E-state index is 11.0. The molecule has 1 aromatic rings. The Labute approximate surface area is 115 Å². The Balaban J connectivity index is 3.00. The summed E-state index contributed by atoms with van der Waals surface area (Å²) in [5.74, 6) is -0.299. The summed E-state index contributed by atoms with van der Waals surface area (Å²) in [6.07, 6.45) is 0.137. The fraction of sp³-hybridized carbons (Fsp3) is 0.333. The lowest BCUT2D eigenvalue weighted by molar-refractivity contribution is -0.140. The third-order valence-corrected chi connectivity index (χ3v) is 2.79. The number of rotatable bonds is 5. The number of halogens is 1. The largest absolute Gasteiger partial charge is 0.507 e. The highest BCUT2D eigenvalue weighted by Gasteiger charge is 2.15. The summed E-state index contributed by atoms with van der Waals surface area (Å²) in [6, 6.07) is 2.71. The van der Waals surface area contributed by atoms with Gasteiger partial charge < -0.3 is 19.8 Å². The van der Waals surface area contributed by atoms with Crippen molar-refractivity contribution >= 4 is 23.3 Å². The van der Waals surface area contributed by atoms with Gasteiger partial charge in [-0.15, -0.1) is 0 Å². The highest BCUT2D eigenvalue weighted by atomic mass is 35.5. The molecular formula is C12H14ClNO5. The molecule has 104 valence electrons. The Kier molecular flexibility index (Phi) is 5.44. The lowest BCUT2D eigenvalue weighted by Gasteiger charge is -2.10. The quantitative estimate of drug-likeness (QED) is 0.375. The van der Waals surface area contributed by atoms with E-state index in [1.165, 1.54) is 26.4 Å². The van der Waals surface area contributed by atoms with E-state index in [0.29, 0.717) is 5.75 Å². The minimum atomic E-state index is -0.444. The fourth-order valence-corrected chi connectivity index (χ4v) is 1.73. The van der Waals surface area contributed by atoms with E-state index in [0.717, 1.165) is 0 Å². The van der Waals surface area contributed by atoms with E-state index in [1.54, 1.807) is 0 Å². The normalized spacial score (nSPS) is 11.2. The number of esters is 1. The molecule has 0 spiro atoms. The van der Waals surface area contributed by atoms with E-state index in [-0.39, 0.29) is 34.9 Å². The monoisotopic (exact) mass is 287 g/mol. The average Bonchev–Trinajstić information content (AvgIpc) is 2.42. The molecule has 0 amide bonds. The topological polar surface area (TPSA) is 88.4 Å². The van der Waals surface area contributed by atoms with E-state index in [9.17, 15) is 9.90 Å². The highest BCUT2D eigenvalue weighted by Crippen LogP contribution is 2.32. The van der Waals surface area contributed by atoms with Gasteiger partial charge in [0.2, 0.25) is 0 Å². The van der Waals surface area contributed by atoms with Crippen LogP contribution >= 0.6 is 11.6 Å². The third-order valence-electron chi connectivity index (χ3n) is 2.50. The van der Waals surface area contributed by atoms with Gasteiger partial charge in [-0.3, -0.25) is 4.79 Å². The minimum absolute atomic E-state index is 0.0268. The molecule has 0 bridgehead atoms. The lowest BCUT2D eigenvalue weighted by Crippen LogP contribution is -2.07. The second-order valence-corrected chi connectivity index (χ2v) is 4.03. The summed E-state index contributed by atoms with van der Waals surface area (Å²) >= 11 is 5.93. The molecule has 0 radical (unpaired) electrons. The third kappa shape index (κ3) is 3.75. The summed E-state index contributed by atoms with van der Waals surface area (Å²) in [7, 11) is 2.68. The summed E-state index contributed by atoms with van der Waals surface area (Å²) in [4.78, 5) is 11.0. The maximum absolute atomic E-state index is 11.0. The van der Waals surface area contributed by atoms with Crippen LogP contribution in [-0.2, 0) is 9.53 Å². The van der Waals surface area contributed by atoms with E-state index in [4.69, 9.17) is 21.5 Å². The van der Waals surface area contributed by atoms with E-state index < -0.39 is 5.97 Å². The van der Waals surface area contributed by atoms with Crippen molar-refractivity contribution in [1.82, 2.24) is 0 Å². The first-order valence-electron chi connectivity index (χ1n) is 5.38. The van der Waals surface area contributed by atoms with Gasteiger partial charge in [-0.1, -0.05) is 16.8 Å². The first-order chi connectivity index (χ1) is 9.03. The predicted molar refractivity (Wildman–Crippen MR) is 69.2 cm³/mol. The number of phenolic OH excluding ortho intramolecular Hbond substituents is 1. The van der Waals surface area contributed by atoms with Crippen molar-refractivity contribution in [3.05, 3.63) is 22.7 Å². The standard InChI is InChI=1S/C12H14ClNO5/c1-18-11-6-10(15)7(5-8(11)13)9(14-17)3-4-12(16)19-2/h5-6,15,17H,3-4H2,1-2H3/b14-9+. The van der Waals surface area contributed by atoms with Gasteiger partial charge in [-0.25, -0.2) is 0 Å². The number of hydrogen-bond acceptors (Lipinski definition) is 6. The van der Waals surface area contributed by atoms with Crippen LogP contribution in [0, 0.1) is 0 Å². The Morgan fingerprint density at radius 3 is 2.58 bits per heavy atom. The van der Waals surface area contributed by atoms with Gasteiger partial charge in [0.05, 0.1) is 31.4 Å². The molecule has 0 aliphatic rings. The van der Waals surface area contributed by atoms with Crippen LogP contribution in [0.25, 0.3) is 0 Å². The van der Waals surface area contributed by atoms with Crippen molar-refractivity contribution in [2.24, 2.45) is 5.16 Å². The van der Waals surface area contributed by atoms with Gasteiger partial charge in [-0.2, -0.15) is 0 Å². The van der Waals surface area contributed by atoms with Crippen LogP contribution in [0.1, 0.15) is 18.4 Å².